The van der Waals surface area contributed by atoms with Crippen LogP contribution in [0.15, 0.2) is 12.2 Å². The van der Waals surface area contributed by atoms with E-state index in [4.69, 9.17) is 0 Å². The number of rotatable bonds is 3. The molecule has 2 nitrogen and oxygen atoms in total. The zero-order valence-corrected chi connectivity index (χ0v) is 8.47. The number of carboxylic acid groups (broad SMARTS) is 1. The minimum atomic E-state index is -0.639. The minimum absolute atomic E-state index is 0.495. The van der Waals surface area contributed by atoms with Crippen LogP contribution < -0.4 is 0 Å². The summed E-state index contributed by atoms with van der Waals surface area (Å²) in [5, 5.41) is 9.19. The predicted octanol–water partition coefficient (Wildman–Crippen LogP) is 2.84. The molecule has 1 N–H and O–H groups in total. The van der Waals surface area contributed by atoms with Gasteiger partial charge in [-0.1, -0.05) is 12.5 Å². The third kappa shape index (κ3) is 2.11. The van der Waals surface area contributed by atoms with E-state index < -0.39 is 11.4 Å². The van der Waals surface area contributed by atoms with E-state index >= 15 is 0 Å². The third-order valence-electron chi connectivity index (χ3n) is 2.95. The van der Waals surface area contributed by atoms with E-state index in [9.17, 15) is 9.90 Å². The first-order valence-corrected chi connectivity index (χ1v) is 4.84. The average Bonchev–Trinajstić information content (AvgIpc) is 2.31. The van der Waals surface area contributed by atoms with Crippen LogP contribution >= 0.6 is 0 Å². The van der Waals surface area contributed by atoms with Crippen LogP contribution in [-0.2, 0) is 4.79 Å². The Morgan fingerprint density at radius 3 is 2.62 bits per heavy atom. The maximum Gasteiger partial charge on any atom is 0.309 e. The fourth-order valence-electron chi connectivity index (χ4n) is 2.40. The molecule has 2 atom stereocenters. The first-order valence-electron chi connectivity index (χ1n) is 4.84. The van der Waals surface area contributed by atoms with Gasteiger partial charge in [-0.25, -0.2) is 0 Å². The van der Waals surface area contributed by atoms with Crippen molar-refractivity contribution in [3.63, 3.8) is 0 Å². The van der Waals surface area contributed by atoms with Gasteiger partial charge in [-0.2, -0.15) is 0 Å². The summed E-state index contributed by atoms with van der Waals surface area (Å²) in [4.78, 5) is 11.2. The van der Waals surface area contributed by atoms with Gasteiger partial charge in [0.1, 0.15) is 0 Å². The number of hydrogen-bond donors (Lipinski definition) is 1. The number of allylic oxidation sites excluding steroid dienone is 1. The van der Waals surface area contributed by atoms with Crippen molar-refractivity contribution in [3.8, 4) is 0 Å². The Morgan fingerprint density at radius 2 is 2.31 bits per heavy atom. The molecule has 0 aromatic carbocycles. The summed E-state index contributed by atoms with van der Waals surface area (Å²) >= 11 is 0. The third-order valence-corrected chi connectivity index (χ3v) is 2.95. The van der Waals surface area contributed by atoms with Crippen LogP contribution in [0, 0.1) is 11.3 Å². The highest BCUT2D eigenvalue weighted by Crippen LogP contribution is 2.45. The van der Waals surface area contributed by atoms with Crippen molar-refractivity contribution >= 4 is 5.97 Å². The normalized spacial score (nSPS) is 33.2. The van der Waals surface area contributed by atoms with E-state index in [-0.39, 0.29) is 0 Å². The van der Waals surface area contributed by atoms with Crippen LogP contribution in [0.5, 0.6) is 0 Å². The van der Waals surface area contributed by atoms with Crippen molar-refractivity contribution < 1.29 is 9.90 Å². The monoisotopic (exact) mass is 182 g/mol. The topological polar surface area (TPSA) is 37.3 Å². The zero-order chi connectivity index (χ0) is 10.1. The van der Waals surface area contributed by atoms with Gasteiger partial charge < -0.3 is 5.11 Å². The Balaban J connectivity index is 2.77. The number of carboxylic acids is 1. The molecule has 0 aromatic heterocycles. The van der Waals surface area contributed by atoms with E-state index in [2.05, 4.69) is 13.5 Å². The molecule has 74 valence electrons. The molecule has 2 unspecified atom stereocenters. The predicted molar refractivity (Wildman–Crippen MR) is 52.5 cm³/mol. The molecule has 1 rings (SSSR count). The molecule has 0 aromatic rings. The largest absolute Gasteiger partial charge is 0.481 e. The first kappa shape index (κ1) is 10.3. The van der Waals surface area contributed by atoms with Crippen LogP contribution in [0.3, 0.4) is 0 Å². The van der Waals surface area contributed by atoms with Gasteiger partial charge >= 0.3 is 5.97 Å². The molecule has 1 aliphatic carbocycles. The van der Waals surface area contributed by atoms with Crippen LogP contribution in [0.4, 0.5) is 0 Å². The molecule has 0 radical (unpaired) electrons. The van der Waals surface area contributed by atoms with E-state index in [0.717, 1.165) is 24.8 Å². The lowest BCUT2D eigenvalue weighted by atomic mass is 9.80. The quantitative estimate of drug-likeness (QED) is 0.681. The van der Waals surface area contributed by atoms with Crippen molar-refractivity contribution in [2.45, 2.75) is 39.5 Å². The van der Waals surface area contributed by atoms with Gasteiger partial charge in [-0.3, -0.25) is 4.79 Å². The number of hydrogen-bond acceptors (Lipinski definition) is 1. The van der Waals surface area contributed by atoms with Crippen molar-refractivity contribution in [1.82, 2.24) is 0 Å². The molecule has 0 heterocycles. The lowest BCUT2D eigenvalue weighted by Gasteiger charge is -2.24. The van der Waals surface area contributed by atoms with Crippen molar-refractivity contribution in [3.05, 3.63) is 12.2 Å². The lowest BCUT2D eigenvalue weighted by molar-refractivity contribution is -0.148. The van der Waals surface area contributed by atoms with E-state index in [1.807, 2.05) is 6.92 Å². The fourth-order valence-corrected chi connectivity index (χ4v) is 2.40. The molecule has 1 aliphatic rings. The van der Waals surface area contributed by atoms with Crippen molar-refractivity contribution in [1.29, 1.82) is 0 Å². The second kappa shape index (κ2) is 3.52. The smallest absolute Gasteiger partial charge is 0.309 e. The molecule has 0 bridgehead atoms. The van der Waals surface area contributed by atoms with Crippen LogP contribution in [0.25, 0.3) is 0 Å². The highest BCUT2D eigenvalue weighted by atomic mass is 16.4. The summed E-state index contributed by atoms with van der Waals surface area (Å²) in [6, 6.07) is 0. The Labute approximate surface area is 79.6 Å². The Bertz CT molecular complexity index is 232. The molecular formula is C11H18O2. The molecular weight excluding hydrogens is 164 g/mol. The Kier molecular flexibility index (Phi) is 2.79. The molecule has 13 heavy (non-hydrogen) atoms. The highest BCUT2D eigenvalue weighted by Gasteiger charge is 2.43. The van der Waals surface area contributed by atoms with Gasteiger partial charge in [0.05, 0.1) is 5.41 Å². The Hall–Kier alpha value is -0.790. The molecule has 2 heteroatoms. The SMILES string of the molecule is C=C(C)CC1(C(=O)O)CCC(C)C1. The number of carbonyl (C=O) groups is 1. The Morgan fingerprint density at radius 1 is 1.69 bits per heavy atom. The van der Waals surface area contributed by atoms with Crippen LogP contribution in [0.2, 0.25) is 0 Å². The highest BCUT2D eigenvalue weighted by molar-refractivity contribution is 5.75. The molecule has 1 saturated carbocycles. The molecule has 1 fully saturated rings. The zero-order valence-electron chi connectivity index (χ0n) is 8.47. The van der Waals surface area contributed by atoms with Gasteiger partial charge in [0.15, 0.2) is 0 Å². The second-order valence-electron chi connectivity index (χ2n) is 4.57. The lowest BCUT2D eigenvalue weighted by Crippen LogP contribution is -2.28. The fraction of sp³-hybridized carbons (Fsp3) is 0.727. The summed E-state index contributed by atoms with van der Waals surface area (Å²) in [7, 11) is 0. The van der Waals surface area contributed by atoms with Crippen molar-refractivity contribution in [2.24, 2.45) is 11.3 Å². The van der Waals surface area contributed by atoms with E-state index in [1.54, 1.807) is 0 Å². The van der Waals surface area contributed by atoms with Crippen molar-refractivity contribution in [2.75, 3.05) is 0 Å². The van der Waals surface area contributed by atoms with Gasteiger partial charge in [0.25, 0.3) is 0 Å². The summed E-state index contributed by atoms with van der Waals surface area (Å²) in [5.41, 5.74) is 0.488. The molecule has 0 saturated heterocycles. The maximum absolute atomic E-state index is 11.2. The standard InChI is InChI=1S/C11H18O2/c1-8(2)6-11(10(12)13)5-4-9(3)7-11/h9H,1,4-7H2,2-3H3,(H,12,13). The van der Waals surface area contributed by atoms with Gasteiger partial charge in [-0.15, -0.1) is 6.58 Å². The van der Waals surface area contributed by atoms with Gasteiger partial charge in [0.2, 0.25) is 0 Å². The molecule has 0 aliphatic heterocycles. The first-order chi connectivity index (χ1) is 5.96. The van der Waals surface area contributed by atoms with E-state index in [1.165, 1.54) is 0 Å². The molecule has 0 spiro atoms. The number of aliphatic carboxylic acids is 1. The second-order valence-corrected chi connectivity index (χ2v) is 4.57. The summed E-state index contributed by atoms with van der Waals surface area (Å²) in [6.07, 6.45) is 3.32. The maximum atomic E-state index is 11.2. The summed E-state index contributed by atoms with van der Waals surface area (Å²) in [6.45, 7) is 7.85. The van der Waals surface area contributed by atoms with Gasteiger partial charge in [-0.05, 0) is 38.5 Å². The average molecular weight is 182 g/mol. The summed E-state index contributed by atoms with van der Waals surface area (Å²) < 4.78 is 0. The molecule has 0 amide bonds. The van der Waals surface area contributed by atoms with Gasteiger partial charge in [0, 0.05) is 0 Å². The summed E-state index contributed by atoms with van der Waals surface area (Å²) in [5.74, 6) is -0.0877. The van der Waals surface area contributed by atoms with Crippen LogP contribution in [0.1, 0.15) is 39.5 Å². The van der Waals surface area contributed by atoms with E-state index in [0.29, 0.717) is 12.3 Å². The van der Waals surface area contributed by atoms with Crippen LogP contribution in [-0.4, -0.2) is 11.1 Å². The minimum Gasteiger partial charge on any atom is -0.481 e.